The molecule has 21 heavy (non-hydrogen) atoms. The van der Waals surface area contributed by atoms with Crippen LogP contribution in [0.25, 0.3) is 0 Å². The average molecular weight is 302 g/mol. The second-order valence-electron chi connectivity index (χ2n) is 5.34. The molecule has 2 aromatic carbocycles. The lowest BCUT2D eigenvalue weighted by Gasteiger charge is -2.26. The lowest BCUT2D eigenvalue weighted by atomic mass is 9.88. The van der Waals surface area contributed by atoms with Crippen molar-refractivity contribution in [2.24, 2.45) is 0 Å². The summed E-state index contributed by atoms with van der Waals surface area (Å²) in [7, 11) is -3.56. The molecule has 1 aliphatic rings. The van der Waals surface area contributed by atoms with Gasteiger partial charge in [0.2, 0.25) is 10.0 Å². The van der Waals surface area contributed by atoms with Gasteiger partial charge in [0.1, 0.15) is 0 Å². The van der Waals surface area contributed by atoms with Crippen LogP contribution in [0.15, 0.2) is 53.4 Å². The third-order valence-corrected chi connectivity index (χ3v) is 5.30. The molecule has 110 valence electrons. The summed E-state index contributed by atoms with van der Waals surface area (Å²) in [5, 5.41) is 0. The number of anilines is 1. The highest BCUT2D eigenvalue weighted by molar-refractivity contribution is 7.89. The van der Waals surface area contributed by atoms with Gasteiger partial charge in [-0.15, -0.1) is 0 Å². The van der Waals surface area contributed by atoms with E-state index in [4.69, 9.17) is 5.73 Å². The molecule has 1 atom stereocenters. The predicted octanol–water partition coefficient (Wildman–Crippen LogP) is 2.62. The Balaban J connectivity index is 1.90. The first-order chi connectivity index (χ1) is 10.1. The average Bonchev–Trinajstić information content (AvgIpc) is 2.47. The zero-order chi connectivity index (χ0) is 14.9. The van der Waals surface area contributed by atoms with Crippen LogP contribution in [0.4, 0.5) is 5.69 Å². The maximum absolute atomic E-state index is 12.5. The Labute approximate surface area is 125 Å². The smallest absolute Gasteiger partial charge is 0.241 e. The van der Waals surface area contributed by atoms with Crippen molar-refractivity contribution in [1.29, 1.82) is 0 Å². The zero-order valence-corrected chi connectivity index (χ0v) is 12.4. The molecular formula is C16H18N2O2S. The largest absolute Gasteiger partial charge is 0.399 e. The number of nitrogen functional groups attached to an aromatic ring is 1. The molecule has 3 rings (SSSR count). The van der Waals surface area contributed by atoms with E-state index < -0.39 is 10.0 Å². The van der Waals surface area contributed by atoms with Crippen molar-refractivity contribution in [3.63, 3.8) is 0 Å². The Bertz CT molecular complexity index is 756. The summed E-state index contributed by atoms with van der Waals surface area (Å²) in [5.41, 5.74) is 8.42. The Morgan fingerprint density at radius 3 is 2.71 bits per heavy atom. The standard InChI is InChI=1S/C16H18N2O2S/c17-13-7-4-8-14(11-13)21(19,20)18-16-10-3-6-12-5-1-2-9-15(12)16/h1-2,4-5,7-9,11,16,18H,3,6,10,17H2/t16-/m1/s1. The first-order valence-corrected chi connectivity index (χ1v) is 8.50. The van der Waals surface area contributed by atoms with E-state index >= 15 is 0 Å². The molecule has 0 amide bonds. The highest BCUT2D eigenvalue weighted by Crippen LogP contribution is 2.30. The number of sulfonamides is 1. The molecule has 3 N–H and O–H groups in total. The summed E-state index contributed by atoms with van der Waals surface area (Å²) in [6.07, 6.45) is 2.81. The molecule has 0 fully saturated rings. The van der Waals surface area contributed by atoms with Gasteiger partial charge in [-0.25, -0.2) is 13.1 Å². The van der Waals surface area contributed by atoms with Crippen LogP contribution in [0.2, 0.25) is 0 Å². The van der Waals surface area contributed by atoms with E-state index in [1.54, 1.807) is 18.2 Å². The third kappa shape index (κ3) is 2.94. The molecule has 0 radical (unpaired) electrons. The topological polar surface area (TPSA) is 72.2 Å². The predicted molar refractivity (Wildman–Crippen MR) is 83.3 cm³/mol. The van der Waals surface area contributed by atoms with Crippen molar-refractivity contribution in [1.82, 2.24) is 4.72 Å². The zero-order valence-electron chi connectivity index (χ0n) is 11.6. The molecule has 4 nitrogen and oxygen atoms in total. The van der Waals surface area contributed by atoms with Crippen molar-refractivity contribution in [3.05, 3.63) is 59.7 Å². The fraction of sp³-hybridized carbons (Fsp3) is 0.250. The van der Waals surface area contributed by atoms with Crippen LogP contribution in [-0.2, 0) is 16.4 Å². The SMILES string of the molecule is Nc1cccc(S(=O)(=O)N[C@@H]2CCCc3ccccc32)c1. The first-order valence-electron chi connectivity index (χ1n) is 7.02. The molecule has 0 unspecified atom stereocenters. The van der Waals surface area contributed by atoms with E-state index in [2.05, 4.69) is 10.8 Å². The van der Waals surface area contributed by atoms with Crippen LogP contribution in [0.3, 0.4) is 0 Å². The molecule has 0 bridgehead atoms. The number of aryl methyl sites for hydroxylation is 1. The van der Waals surface area contributed by atoms with Crippen molar-refractivity contribution >= 4 is 15.7 Å². The quantitative estimate of drug-likeness (QED) is 0.856. The van der Waals surface area contributed by atoms with Crippen LogP contribution in [0.1, 0.15) is 30.0 Å². The normalized spacial score (nSPS) is 18.2. The molecule has 0 aromatic heterocycles. The molecule has 5 heteroatoms. The van der Waals surface area contributed by atoms with Crippen LogP contribution in [-0.4, -0.2) is 8.42 Å². The van der Waals surface area contributed by atoms with Gasteiger partial charge < -0.3 is 5.73 Å². The van der Waals surface area contributed by atoms with Crippen LogP contribution in [0.5, 0.6) is 0 Å². The molecule has 1 aliphatic carbocycles. The van der Waals surface area contributed by atoms with Gasteiger partial charge in [-0.05, 0) is 48.6 Å². The monoisotopic (exact) mass is 302 g/mol. The number of hydrogen-bond donors (Lipinski definition) is 2. The number of hydrogen-bond acceptors (Lipinski definition) is 3. The number of benzene rings is 2. The molecule has 2 aromatic rings. The molecule has 0 aliphatic heterocycles. The second kappa shape index (κ2) is 5.50. The molecule has 0 spiro atoms. The number of nitrogens with two attached hydrogens (primary N) is 1. The summed E-state index contributed by atoms with van der Waals surface area (Å²) in [4.78, 5) is 0.213. The minimum absolute atomic E-state index is 0.165. The van der Waals surface area contributed by atoms with E-state index in [0.717, 1.165) is 24.8 Å². The van der Waals surface area contributed by atoms with Gasteiger partial charge in [-0.1, -0.05) is 30.3 Å². The lowest BCUT2D eigenvalue weighted by molar-refractivity contribution is 0.507. The van der Waals surface area contributed by atoms with E-state index in [1.807, 2.05) is 18.2 Å². The lowest BCUT2D eigenvalue weighted by Crippen LogP contribution is -2.31. The van der Waals surface area contributed by atoms with E-state index in [-0.39, 0.29) is 10.9 Å². The molecule has 0 heterocycles. The third-order valence-electron chi connectivity index (χ3n) is 3.84. The number of nitrogens with one attached hydrogen (secondary N) is 1. The molecule has 0 saturated carbocycles. The van der Waals surface area contributed by atoms with Gasteiger partial charge in [0.15, 0.2) is 0 Å². The summed E-state index contributed by atoms with van der Waals surface area (Å²) < 4.78 is 27.8. The van der Waals surface area contributed by atoms with Gasteiger partial charge in [-0.3, -0.25) is 0 Å². The van der Waals surface area contributed by atoms with Gasteiger partial charge in [0.25, 0.3) is 0 Å². The van der Waals surface area contributed by atoms with Crippen molar-refractivity contribution < 1.29 is 8.42 Å². The Morgan fingerprint density at radius 2 is 1.90 bits per heavy atom. The molecule has 0 saturated heterocycles. The van der Waals surface area contributed by atoms with Gasteiger partial charge in [-0.2, -0.15) is 0 Å². The summed E-state index contributed by atoms with van der Waals surface area (Å²) in [6, 6.07) is 14.2. The van der Waals surface area contributed by atoms with Crippen molar-refractivity contribution in [2.45, 2.75) is 30.2 Å². The second-order valence-corrected chi connectivity index (χ2v) is 7.05. The van der Waals surface area contributed by atoms with E-state index in [0.29, 0.717) is 5.69 Å². The highest BCUT2D eigenvalue weighted by Gasteiger charge is 2.25. The summed E-state index contributed by atoms with van der Waals surface area (Å²) in [6.45, 7) is 0. The Morgan fingerprint density at radius 1 is 1.10 bits per heavy atom. The minimum atomic E-state index is -3.56. The van der Waals surface area contributed by atoms with Crippen molar-refractivity contribution in [2.75, 3.05) is 5.73 Å². The Kier molecular flexibility index (Phi) is 3.69. The fourth-order valence-electron chi connectivity index (χ4n) is 2.81. The van der Waals surface area contributed by atoms with E-state index in [1.165, 1.54) is 11.6 Å². The Hall–Kier alpha value is -1.85. The summed E-state index contributed by atoms with van der Waals surface area (Å²) in [5.74, 6) is 0. The van der Waals surface area contributed by atoms with Crippen LogP contribution in [0, 0.1) is 0 Å². The number of rotatable bonds is 3. The number of fused-ring (bicyclic) bond motifs is 1. The van der Waals surface area contributed by atoms with Gasteiger partial charge in [0, 0.05) is 11.7 Å². The van der Waals surface area contributed by atoms with Gasteiger partial charge >= 0.3 is 0 Å². The highest BCUT2D eigenvalue weighted by atomic mass is 32.2. The first kappa shape index (κ1) is 14.1. The van der Waals surface area contributed by atoms with E-state index in [9.17, 15) is 8.42 Å². The van der Waals surface area contributed by atoms with Crippen LogP contribution >= 0.6 is 0 Å². The maximum atomic E-state index is 12.5. The van der Waals surface area contributed by atoms with Gasteiger partial charge in [0.05, 0.1) is 4.90 Å². The maximum Gasteiger partial charge on any atom is 0.241 e. The van der Waals surface area contributed by atoms with Crippen LogP contribution < -0.4 is 10.5 Å². The molecular weight excluding hydrogens is 284 g/mol. The van der Waals surface area contributed by atoms with Crippen molar-refractivity contribution in [3.8, 4) is 0 Å². The fourth-order valence-corrected chi connectivity index (χ4v) is 4.12. The summed E-state index contributed by atoms with van der Waals surface area (Å²) >= 11 is 0. The minimum Gasteiger partial charge on any atom is -0.399 e.